The van der Waals surface area contributed by atoms with E-state index < -0.39 is 5.97 Å². The quantitative estimate of drug-likeness (QED) is 0.733. The molecule has 0 bridgehead atoms. The number of hydrogen-bond acceptors (Lipinski definition) is 4. The molecule has 0 aliphatic carbocycles. The van der Waals surface area contributed by atoms with Gasteiger partial charge in [0.2, 0.25) is 5.91 Å². The second-order valence-corrected chi connectivity index (χ2v) is 4.35. The van der Waals surface area contributed by atoms with Crippen molar-refractivity contribution < 1.29 is 19.5 Å². The van der Waals surface area contributed by atoms with Crippen molar-refractivity contribution in [2.75, 3.05) is 25.0 Å². The Labute approximate surface area is 117 Å². The number of hydrogen-bond donors (Lipinski definition) is 2. The van der Waals surface area contributed by atoms with E-state index in [1.54, 1.807) is 31.2 Å². The topological polar surface area (TPSA) is 86.7 Å². The van der Waals surface area contributed by atoms with Crippen LogP contribution in [0.1, 0.15) is 24.2 Å². The molecular formula is C14H18N2O4. The summed E-state index contributed by atoms with van der Waals surface area (Å²) in [6.45, 7) is 3.43. The van der Waals surface area contributed by atoms with Crippen molar-refractivity contribution in [3.8, 4) is 0 Å². The lowest BCUT2D eigenvalue weighted by Gasteiger charge is -2.17. The lowest BCUT2D eigenvalue weighted by atomic mass is 10.1. The molecule has 1 amide bonds. The first-order valence-electron chi connectivity index (χ1n) is 6.28. The van der Waals surface area contributed by atoms with Crippen LogP contribution in [0.15, 0.2) is 24.3 Å². The molecule has 0 unspecified atom stereocenters. The number of nitrogens with one attached hydrogen (secondary N) is 1. The molecule has 0 radical (unpaired) electrons. The van der Waals surface area contributed by atoms with Gasteiger partial charge in [0, 0.05) is 5.56 Å². The summed E-state index contributed by atoms with van der Waals surface area (Å²) in [5.41, 5.74) is 0.874. The number of aliphatic carboxylic acids is 1. The number of benzene rings is 1. The molecule has 0 atom stereocenters. The first-order valence-corrected chi connectivity index (χ1v) is 6.28. The van der Waals surface area contributed by atoms with Gasteiger partial charge in [0.05, 0.1) is 18.8 Å². The van der Waals surface area contributed by atoms with Gasteiger partial charge in [0.15, 0.2) is 5.78 Å². The molecule has 1 rings (SSSR count). The van der Waals surface area contributed by atoms with E-state index >= 15 is 0 Å². The lowest BCUT2D eigenvalue weighted by Crippen LogP contribution is -2.36. The zero-order valence-electron chi connectivity index (χ0n) is 11.5. The minimum Gasteiger partial charge on any atom is -0.480 e. The maximum absolute atomic E-state index is 11.9. The predicted octanol–water partition coefficient (Wildman–Crippen LogP) is 1.23. The summed E-state index contributed by atoms with van der Waals surface area (Å²) in [6, 6.07) is 6.71. The molecular weight excluding hydrogens is 260 g/mol. The Kier molecular flexibility index (Phi) is 5.86. The number of para-hydroxylation sites is 1. The van der Waals surface area contributed by atoms with Gasteiger partial charge in [-0.05, 0) is 25.6 Å². The van der Waals surface area contributed by atoms with Crippen molar-refractivity contribution >= 4 is 23.3 Å². The molecule has 20 heavy (non-hydrogen) atoms. The molecule has 2 N–H and O–H groups in total. The van der Waals surface area contributed by atoms with E-state index in [1.807, 2.05) is 0 Å². The Bertz CT molecular complexity index is 514. The minimum absolute atomic E-state index is 0.0327. The first kappa shape index (κ1) is 15.8. The molecule has 108 valence electrons. The van der Waals surface area contributed by atoms with Gasteiger partial charge in [-0.3, -0.25) is 19.3 Å². The highest BCUT2D eigenvalue weighted by atomic mass is 16.4. The molecule has 0 aliphatic heterocycles. The lowest BCUT2D eigenvalue weighted by molar-refractivity contribution is -0.138. The van der Waals surface area contributed by atoms with Crippen LogP contribution in [0.25, 0.3) is 0 Å². The molecule has 0 aromatic heterocycles. The van der Waals surface area contributed by atoms with E-state index in [-0.39, 0.29) is 24.8 Å². The minimum atomic E-state index is -0.983. The molecule has 6 nitrogen and oxygen atoms in total. The molecule has 0 saturated carbocycles. The Balaban J connectivity index is 2.71. The van der Waals surface area contributed by atoms with Crippen molar-refractivity contribution in [3.05, 3.63) is 29.8 Å². The fraction of sp³-hybridized carbons (Fsp3) is 0.357. The van der Waals surface area contributed by atoms with Crippen LogP contribution in [0.2, 0.25) is 0 Å². The summed E-state index contributed by atoms with van der Waals surface area (Å²) in [5, 5.41) is 11.4. The van der Waals surface area contributed by atoms with Crippen LogP contribution >= 0.6 is 0 Å². The highest BCUT2D eigenvalue weighted by Crippen LogP contribution is 2.15. The van der Waals surface area contributed by atoms with Crippen molar-refractivity contribution in [2.24, 2.45) is 0 Å². The van der Waals surface area contributed by atoms with Gasteiger partial charge in [-0.25, -0.2) is 0 Å². The smallest absolute Gasteiger partial charge is 0.317 e. The molecule has 1 aromatic carbocycles. The van der Waals surface area contributed by atoms with Crippen LogP contribution in [-0.2, 0) is 9.59 Å². The van der Waals surface area contributed by atoms with Gasteiger partial charge in [0.25, 0.3) is 0 Å². The van der Waals surface area contributed by atoms with E-state index in [9.17, 15) is 14.4 Å². The van der Waals surface area contributed by atoms with Crippen LogP contribution < -0.4 is 5.32 Å². The summed E-state index contributed by atoms with van der Waals surface area (Å²) < 4.78 is 0. The number of likely N-dealkylation sites (N-methyl/N-ethyl adjacent to an activating group) is 1. The van der Waals surface area contributed by atoms with Gasteiger partial charge in [0.1, 0.15) is 0 Å². The van der Waals surface area contributed by atoms with E-state index in [0.717, 1.165) is 0 Å². The van der Waals surface area contributed by atoms with Crippen LogP contribution in [0.5, 0.6) is 0 Å². The third-order valence-electron chi connectivity index (χ3n) is 2.75. The fourth-order valence-electron chi connectivity index (χ4n) is 1.76. The maximum atomic E-state index is 11.9. The number of carbonyl (C=O) groups is 3. The molecule has 1 aromatic rings. The number of ketones is 1. The van der Waals surface area contributed by atoms with Gasteiger partial charge in [-0.1, -0.05) is 19.1 Å². The van der Waals surface area contributed by atoms with Gasteiger partial charge in [-0.15, -0.1) is 0 Å². The van der Waals surface area contributed by atoms with Crippen LogP contribution in [0.3, 0.4) is 0 Å². The third-order valence-corrected chi connectivity index (χ3v) is 2.75. The standard InChI is InChI=1S/C14H18N2O4/c1-3-16(9-14(19)20)8-13(18)15-12-7-5-4-6-11(12)10(2)17/h4-7H,3,8-9H2,1-2H3,(H,15,18)(H,19,20). The second-order valence-electron chi connectivity index (χ2n) is 4.35. The summed E-state index contributed by atoms with van der Waals surface area (Å²) in [7, 11) is 0. The van der Waals surface area contributed by atoms with Crippen molar-refractivity contribution in [3.63, 3.8) is 0 Å². The Morgan fingerprint density at radius 3 is 2.40 bits per heavy atom. The number of amides is 1. The third kappa shape index (κ3) is 4.81. The van der Waals surface area contributed by atoms with Gasteiger partial charge >= 0.3 is 5.97 Å². The average Bonchev–Trinajstić information content (AvgIpc) is 2.37. The van der Waals surface area contributed by atoms with Gasteiger partial charge < -0.3 is 10.4 Å². The largest absolute Gasteiger partial charge is 0.480 e. The number of Topliss-reactive ketones (excluding diaryl/α,β-unsaturated/α-hetero) is 1. The summed E-state index contributed by atoms with van der Waals surface area (Å²) in [5.74, 6) is -1.47. The average molecular weight is 278 g/mol. The predicted molar refractivity (Wildman–Crippen MR) is 74.8 cm³/mol. The highest BCUT2D eigenvalue weighted by Gasteiger charge is 2.14. The highest BCUT2D eigenvalue weighted by molar-refractivity contribution is 6.04. The monoisotopic (exact) mass is 278 g/mol. The number of carboxylic acid groups (broad SMARTS) is 1. The molecule has 6 heteroatoms. The van der Waals surface area contributed by atoms with E-state index in [2.05, 4.69) is 5.32 Å². The molecule has 0 aliphatic rings. The number of rotatable bonds is 7. The Morgan fingerprint density at radius 2 is 1.85 bits per heavy atom. The van der Waals surface area contributed by atoms with Crippen molar-refractivity contribution in [1.82, 2.24) is 4.90 Å². The normalized spacial score (nSPS) is 10.3. The zero-order chi connectivity index (χ0) is 15.1. The van der Waals surface area contributed by atoms with E-state index in [1.165, 1.54) is 11.8 Å². The molecule has 0 spiro atoms. The summed E-state index contributed by atoms with van der Waals surface area (Å²) in [6.07, 6.45) is 0. The van der Waals surface area contributed by atoms with Crippen molar-refractivity contribution in [2.45, 2.75) is 13.8 Å². The van der Waals surface area contributed by atoms with E-state index in [4.69, 9.17) is 5.11 Å². The van der Waals surface area contributed by atoms with Gasteiger partial charge in [-0.2, -0.15) is 0 Å². The number of anilines is 1. The number of carboxylic acids is 1. The second kappa shape index (κ2) is 7.40. The van der Waals surface area contributed by atoms with Crippen molar-refractivity contribution in [1.29, 1.82) is 0 Å². The maximum Gasteiger partial charge on any atom is 0.317 e. The SMILES string of the molecule is CCN(CC(=O)O)CC(=O)Nc1ccccc1C(C)=O. The number of carbonyl (C=O) groups excluding carboxylic acids is 2. The summed E-state index contributed by atoms with van der Waals surface area (Å²) >= 11 is 0. The Morgan fingerprint density at radius 1 is 1.20 bits per heavy atom. The van der Waals surface area contributed by atoms with Crippen LogP contribution in [-0.4, -0.2) is 47.3 Å². The molecule has 0 saturated heterocycles. The molecule has 0 fully saturated rings. The zero-order valence-corrected chi connectivity index (χ0v) is 11.5. The summed E-state index contributed by atoms with van der Waals surface area (Å²) in [4.78, 5) is 35.4. The molecule has 0 heterocycles. The van der Waals surface area contributed by atoms with Crippen LogP contribution in [0, 0.1) is 0 Å². The fourth-order valence-corrected chi connectivity index (χ4v) is 1.76. The number of nitrogens with zero attached hydrogens (tertiary/aromatic N) is 1. The van der Waals surface area contributed by atoms with Crippen LogP contribution in [0.4, 0.5) is 5.69 Å². The van der Waals surface area contributed by atoms with E-state index in [0.29, 0.717) is 17.8 Å². The first-order chi connectivity index (χ1) is 9.43. The Hall–Kier alpha value is -2.21.